The number of hydrogen-bond acceptors (Lipinski definition) is 4. The number of benzene rings is 2. The van der Waals surface area contributed by atoms with Crippen LogP contribution in [-0.2, 0) is 4.74 Å². The van der Waals surface area contributed by atoms with E-state index in [0.29, 0.717) is 11.3 Å². The van der Waals surface area contributed by atoms with Crippen molar-refractivity contribution in [2.45, 2.75) is 18.4 Å². The van der Waals surface area contributed by atoms with Crippen LogP contribution in [0.25, 0.3) is 0 Å². The summed E-state index contributed by atoms with van der Waals surface area (Å²) in [5.41, 5.74) is 0.586. The van der Waals surface area contributed by atoms with Crippen molar-refractivity contribution in [3.63, 3.8) is 0 Å². The molecule has 1 spiro atoms. The van der Waals surface area contributed by atoms with Gasteiger partial charge in [0.05, 0.1) is 12.2 Å². The summed E-state index contributed by atoms with van der Waals surface area (Å²) in [7, 11) is 2.14. The minimum Gasteiger partial charge on any atom is -0.457 e. The van der Waals surface area contributed by atoms with Crippen molar-refractivity contribution >= 4 is 5.91 Å². The van der Waals surface area contributed by atoms with Crippen molar-refractivity contribution in [3.05, 3.63) is 60.2 Å². The number of morpholine rings is 1. The second kappa shape index (κ2) is 7.71. The minimum absolute atomic E-state index is 0.0625. The molecule has 0 N–H and O–H groups in total. The fraction of sp³-hybridized carbons (Fsp3) is 0.409. The van der Waals surface area contributed by atoms with E-state index < -0.39 is 0 Å². The van der Waals surface area contributed by atoms with Gasteiger partial charge in [0.1, 0.15) is 11.5 Å². The number of piperidine rings is 1. The smallest absolute Gasteiger partial charge is 0.253 e. The van der Waals surface area contributed by atoms with E-state index in [9.17, 15) is 4.79 Å². The third kappa shape index (κ3) is 4.15. The van der Waals surface area contributed by atoms with Gasteiger partial charge < -0.3 is 19.3 Å². The van der Waals surface area contributed by atoms with Crippen LogP contribution in [0.3, 0.4) is 0 Å². The molecule has 4 rings (SSSR count). The molecule has 0 aromatic heterocycles. The van der Waals surface area contributed by atoms with E-state index in [1.54, 1.807) is 0 Å². The van der Waals surface area contributed by atoms with Gasteiger partial charge in [-0.25, -0.2) is 0 Å². The van der Waals surface area contributed by atoms with E-state index in [-0.39, 0.29) is 11.5 Å². The van der Waals surface area contributed by atoms with Crippen LogP contribution in [0.5, 0.6) is 11.5 Å². The highest BCUT2D eigenvalue weighted by molar-refractivity contribution is 5.94. The Morgan fingerprint density at radius 1 is 1.00 bits per heavy atom. The van der Waals surface area contributed by atoms with Gasteiger partial charge in [0.15, 0.2) is 0 Å². The van der Waals surface area contributed by atoms with Crippen molar-refractivity contribution in [2.75, 3.05) is 39.8 Å². The number of amides is 1. The molecule has 2 fully saturated rings. The molecule has 0 radical (unpaired) electrons. The zero-order valence-electron chi connectivity index (χ0n) is 15.8. The number of likely N-dealkylation sites (tertiary alicyclic amines) is 1. The Morgan fingerprint density at radius 2 is 1.74 bits per heavy atom. The Morgan fingerprint density at radius 3 is 2.48 bits per heavy atom. The Kier molecular flexibility index (Phi) is 5.14. The Labute approximate surface area is 160 Å². The van der Waals surface area contributed by atoms with E-state index >= 15 is 0 Å². The van der Waals surface area contributed by atoms with Crippen molar-refractivity contribution < 1.29 is 14.3 Å². The highest BCUT2D eigenvalue weighted by Crippen LogP contribution is 2.30. The van der Waals surface area contributed by atoms with E-state index in [2.05, 4.69) is 11.9 Å². The van der Waals surface area contributed by atoms with Gasteiger partial charge in [0, 0.05) is 31.7 Å². The summed E-state index contributed by atoms with van der Waals surface area (Å²) in [6.45, 7) is 4.18. The minimum atomic E-state index is -0.0813. The highest BCUT2D eigenvalue weighted by atomic mass is 16.5. The fourth-order valence-corrected chi connectivity index (χ4v) is 3.95. The van der Waals surface area contributed by atoms with Crippen molar-refractivity contribution in [3.8, 4) is 11.5 Å². The maximum Gasteiger partial charge on any atom is 0.253 e. The first-order chi connectivity index (χ1) is 13.1. The van der Waals surface area contributed by atoms with Crippen molar-refractivity contribution in [1.82, 2.24) is 9.80 Å². The molecule has 2 heterocycles. The number of hydrogen-bond donors (Lipinski definition) is 0. The van der Waals surface area contributed by atoms with E-state index in [4.69, 9.17) is 9.47 Å². The molecule has 27 heavy (non-hydrogen) atoms. The van der Waals surface area contributed by atoms with Crippen LogP contribution in [0.15, 0.2) is 54.6 Å². The van der Waals surface area contributed by atoms with E-state index in [1.165, 1.54) is 0 Å². The molecular formula is C22H26N2O3. The molecule has 2 aliphatic rings. The topological polar surface area (TPSA) is 42.0 Å². The second-order valence-corrected chi connectivity index (χ2v) is 7.50. The van der Waals surface area contributed by atoms with E-state index in [1.807, 2.05) is 59.5 Å². The molecule has 0 bridgehead atoms. The maximum absolute atomic E-state index is 13.0. The van der Waals surface area contributed by atoms with Gasteiger partial charge in [0.25, 0.3) is 5.91 Å². The summed E-state index contributed by atoms with van der Waals surface area (Å²) >= 11 is 0. The molecular weight excluding hydrogens is 340 g/mol. The van der Waals surface area contributed by atoms with Gasteiger partial charge in [-0.05, 0) is 50.2 Å². The predicted octanol–water partition coefficient (Wildman–Crippen LogP) is 3.42. The summed E-state index contributed by atoms with van der Waals surface area (Å²) in [4.78, 5) is 17.2. The first kappa shape index (κ1) is 18.0. The average molecular weight is 366 g/mol. The van der Waals surface area contributed by atoms with E-state index in [0.717, 1.165) is 51.4 Å². The second-order valence-electron chi connectivity index (χ2n) is 7.50. The van der Waals surface area contributed by atoms with Crippen molar-refractivity contribution in [1.29, 1.82) is 0 Å². The molecule has 1 amide bonds. The Balaban J connectivity index is 1.41. The van der Waals surface area contributed by atoms with Gasteiger partial charge in [-0.1, -0.05) is 24.3 Å². The summed E-state index contributed by atoms with van der Waals surface area (Å²) < 4.78 is 12.0. The van der Waals surface area contributed by atoms with Crippen LogP contribution in [0.1, 0.15) is 23.2 Å². The van der Waals surface area contributed by atoms with Crippen LogP contribution in [0.4, 0.5) is 0 Å². The Hall–Kier alpha value is -2.37. The van der Waals surface area contributed by atoms with Crippen LogP contribution < -0.4 is 4.74 Å². The summed E-state index contributed by atoms with van der Waals surface area (Å²) in [5.74, 6) is 1.51. The number of rotatable bonds is 3. The van der Waals surface area contributed by atoms with Gasteiger partial charge in [0.2, 0.25) is 0 Å². The lowest BCUT2D eigenvalue weighted by atomic mass is 9.89. The zero-order chi connectivity index (χ0) is 18.7. The number of nitrogens with zero attached hydrogens (tertiary/aromatic N) is 2. The molecule has 2 saturated heterocycles. The summed E-state index contributed by atoms with van der Waals surface area (Å²) in [5, 5.41) is 0. The van der Waals surface area contributed by atoms with Gasteiger partial charge >= 0.3 is 0 Å². The van der Waals surface area contributed by atoms with Gasteiger partial charge in [-0.3, -0.25) is 4.79 Å². The SMILES string of the molecule is CN1CCOC2(CCN(C(=O)c3cccc(Oc4ccccc4)c3)CC2)C1. The quantitative estimate of drug-likeness (QED) is 0.835. The van der Waals surface area contributed by atoms with Crippen molar-refractivity contribution in [2.24, 2.45) is 0 Å². The lowest BCUT2D eigenvalue weighted by Gasteiger charge is -2.46. The molecule has 5 nitrogen and oxygen atoms in total. The summed E-state index contributed by atoms with van der Waals surface area (Å²) in [6, 6.07) is 17.0. The fourth-order valence-electron chi connectivity index (χ4n) is 3.95. The molecule has 5 heteroatoms. The molecule has 142 valence electrons. The lowest BCUT2D eigenvalue weighted by Crippen LogP contribution is -2.56. The highest BCUT2D eigenvalue weighted by Gasteiger charge is 2.39. The van der Waals surface area contributed by atoms with Crippen LogP contribution in [0, 0.1) is 0 Å². The average Bonchev–Trinajstić information content (AvgIpc) is 2.69. The third-order valence-electron chi connectivity index (χ3n) is 5.46. The molecule has 2 aliphatic heterocycles. The Bertz CT molecular complexity index is 785. The number of para-hydroxylation sites is 1. The number of likely N-dealkylation sites (N-methyl/N-ethyl adjacent to an activating group) is 1. The number of carbonyl (C=O) groups is 1. The van der Waals surface area contributed by atoms with Crippen LogP contribution >= 0.6 is 0 Å². The molecule has 0 atom stereocenters. The van der Waals surface area contributed by atoms with Gasteiger partial charge in [-0.2, -0.15) is 0 Å². The predicted molar refractivity (Wildman–Crippen MR) is 104 cm³/mol. The van der Waals surface area contributed by atoms with Gasteiger partial charge in [-0.15, -0.1) is 0 Å². The zero-order valence-corrected chi connectivity index (χ0v) is 15.8. The third-order valence-corrected chi connectivity index (χ3v) is 5.46. The van der Waals surface area contributed by atoms with Crippen LogP contribution in [-0.4, -0.2) is 61.1 Å². The standard InChI is InChI=1S/C22H26N2O3/c1-23-14-15-26-22(17-23)10-12-24(13-11-22)21(25)18-6-5-9-20(16-18)27-19-7-3-2-4-8-19/h2-9,16H,10-15,17H2,1H3. The first-order valence-electron chi connectivity index (χ1n) is 9.58. The molecule has 0 unspecified atom stereocenters. The number of ether oxygens (including phenoxy) is 2. The summed E-state index contributed by atoms with van der Waals surface area (Å²) in [6.07, 6.45) is 1.78. The maximum atomic E-state index is 13.0. The normalized spacial score (nSPS) is 19.8. The molecule has 2 aromatic carbocycles. The lowest BCUT2D eigenvalue weighted by molar-refractivity contribution is -0.127. The monoisotopic (exact) mass is 366 g/mol. The largest absolute Gasteiger partial charge is 0.457 e. The number of carbonyl (C=O) groups excluding carboxylic acids is 1. The first-order valence-corrected chi connectivity index (χ1v) is 9.58. The molecule has 0 saturated carbocycles. The van der Waals surface area contributed by atoms with Crippen LogP contribution in [0.2, 0.25) is 0 Å². The molecule has 2 aromatic rings. The molecule has 0 aliphatic carbocycles.